The van der Waals surface area contributed by atoms with Crippen molar-refractivity contribution >= 4 is 29.2 Å². The fraction of sp³-hybridized carbons (Fsp3) is 0.100. The Hall–Kier alpha value is -2.63. The van der Waals surface area contributed by atoms with Gasteiger partial charge in [-0.05, 0) is 35.9 Å². The van der Waals surface area contributed by atoms with Crippen molar-refractivity contribution in [1.29, 1.82) is 0 Å². The molecule has 0 unspecified atom stereocenters. The summed E-state index contributed by atoms with van der Waals surface area (Å²) in [6, 6.07) is 7.15. The maximum atomic E-state index is 11.9. The third kappa shape index (κ3) is 5.25. The number of rotatable bonds is 5. The van der Waals surface area contributed by atoms with Crippen LogP contribution >= 0.6 is 11.6 Å². The van der Waals surface area contributed by atoms with Crippen molar-refractivity contribution in [2.75, 3.05) is 0 Å². The van der Waals surface area contributed by atoms with Crippen LogP contribution in [0.4, 0.5) is 0 Å². The van der Waals surface area contributed by atoms with Gasteiger partial charge in [0.2, 0.25) is 0 Å². The van der Waals surface area contributed by atoms with Crippen LogP contribution in [0, 0.1) is 12.3 Å². The normalized spacial score (nSPS) is 14.7. The first-order valence-corrected chi connectivity index (χ1v) is 7.48. The van der Waals surface area contributed by atoms with Gasteiger partial charge in [-0.25, -0.2) is 0 Å². The van der Waals surface area contributed by atoms with Crippen molar-refractivity contribution in [2.45, 2.75) is 12.8 Å². The molecule has 0 aromatic heterocycles. The van der Waals surface area contributed by atoms with Crippen LogP contribution < -0.4 is 0 Å². The summed E-state index contributed by atoms with van der Waals surface area (Å²) in [5, 5.41) is 0.647. The van der Waals surface area contributed by atoms with E-state index < -0.39 is 0 Å². The standard InChI is InChI=1S/C20H15ClO2/c1-2-3-16-4-8-17(20(23)14-16)9-13-19(22)12-7-15-5-10-18(21)11-6-15/h1,4-13H,3,14H2/b12-7+,13-9+. The monoisotopic (exact) mass is 322 g/mol. The number of halogens is 1. The van der Waals surface area contributed by atoms with Gasteiger partial charge < -0.3 is 0 Å². The molecule has 0 saturated heterocycles. The lowest BCUT2D eigenvalue weighted by atomic mass is 9.95. The van der Waals surface area contributed by atoms with Gasteiger partial charge in [-0.1, -0.05) is 47.5 Å². The van der Waals surface area contributed by atoms with E-state index in [0.717, 1.165) is 11.1 Å². The summed E-state index contributed by atoms with van der Waals surface area (Å²) in [6.07, 6.45) is 15.6. The molecule has 1 aliphatic rings. The molecule has 0 atom stereocenters. The van der Waals surface area contributed by atoms with E-state index in [1.54, 1.807) is 30.4 Å². The highest BCUT2D eigenvalue weighted by Gasteiger charge is 2.12. The second kappa shape index (κ2) is 8.12. The topological polar surface area (TPSA) is 34.1 Å². The molecule has 0 N–H and O–H groups in total. The van der Waals surface area contributed by atoms with Gasteiger partial charge in [0, 0.05) is 23.4 Å². The summed E-state index contributed by atoms with van der Waals surface area (Å²) in [4.78, 5) is 23.8. The minimum absolute atomic E-state index is 0.0246. The molecule has 0 bridgehead atoms. The van der Waals surface area contributed by atoms with E-state index in [1.807, 2.05) is 18.2 Å². The summed E-state index contributed by atoms with van der Waals surface area (Å²) < 4.78 is 0. The lowest BCUT2D eigenvalue weighted by Gasteiger charge is -2.08. The molecule has 0 saturated carbocycles. The number of ketones is 2. The molecule has 1 aliphatic carbocycles. The Balaban J connectivity index is 2.00. The van der Waals surface area contributed by atoms with E-state index in [2.05, 4.69) is 5.92 Å². The Bertz CT molecular complexity index is 769. The Morgan fingerprint density at radius 1 is 1.17 bits per heavy atom. The zero-order chi connectivity index (χ0) is 16.7. The highest BCUT2D eigenvalue weighted by atomic mass is 35.5. The summed E-state index contributed by atoms with van der Waals surface area (Å²) in [7, 11) is 0. The number of hydrogen-bond donors (Lipinski definition) is 0. The molecule has 114 valence electrons. The number of carbonyl (C=O) groups is 2. The van der Waals surface area contributed by atoms with Crippen molar-refractivity contribution in [3.8, 4) is 12.3 Å². The van der Waals surface area contributed by atoms with Crippen molar-refractivity contribution < 1.29 is 9.59 Å². The van der Waals surface area contributed by atoms with E-state index in [1.165, 1.54) is 12.2 Å². The smallest absolute Gasteiger partial charge is 0.178 e. The summed E-state index contributed by atoms with van der Waals surface area (Å²) in [5.41, 5.74) is 2.31. The molecule has 23 heavy (non-hydrogen) atoms. The van der Waals surface area contributed by atoms with Gasteiger partial charge in [0.05, 0.1) is 0 Å². The van der Waals surface area contributed by atoms with Crippen LogP contribution in [0.25, 0.3) is 6.08 Å². The second-order valence-corrected chi connectivity index (χ2v) is 5.48. The molecule has 0 heterocycles. The van der Waals surface area contributed by atoms with Crippen molar-refractivity contribution in [2.24, 2.45) is 0 Å². The first kappa shape index (κ1) is 16.7. The number of hydrogen-bond acceptors (Lipinski definition) is 2. The van der Waals surface area contributed by atoms with Crippen LogP contribution in [-0.2, 0) is 9.59 Å². The minimum atomic E-state index is -0.188. The zero-order valence-electron chi connectivity index (χ0n) is 12.5. The quantitative estimate of drug-likeness (QED) is 0.597. The predicted octanol–water partition coefficient (Wildman–Crippen LogP) is 4.33. The number of carbonyl (C=O) groups excluding carboxylic acids is 2. The molecule has 2 rings (SSSR count). The molecular weight excluding hydrogens is 308 g/mol. The first-order chi connectivity index (χ1) is 11.1. The number of allylic oxidation sites excluding steroid dienone is 7. The third-order valence-corrected chi connectivity index (χ3v) is 3.53. The lowest BCUT2D eigenvalue weighted by Crippen LogP contribution is -2.06. The number of terminal acetylenes is 1. The van der Waals surface area contributed by atoms with Gasteiger partial charge in [-0.15, -0.1) is 12.3 Å². The number of Topliss-reactive ketones (excluding diaryl/α,β-unsaturated/α-hetero) is 1. The minimum Gasteiger partial charge on any atom is -0.294 e. The SMILES string of the molecule is C#CCC1=CC=C(/C=C/C(=O)/C=C/c2ccc(Cl)cc2)C(=O)C1. The molecule has 0 amide bonds. The number of benzene rings is 1. The summed E-state index contributed by atoms with van der Waals surface area (Å²) >= 11 is 5.80. The maximum absolute atomic E-state index is 11.9. The van der Waals surface area contributed by atoms with E-state index in [0.29, 0.717) is 23.4 Å². The van der Waals surface area contributed by atoms with Gasteiger partial charge in [0.15, 0.2) is 11.6 Å². The second-order valence-electron chi connectivity index (χ2n) is 5.05. The summed E-state index contributed by atoms with van der Waals surface area (Å²) in [5.74, 6) is 2.31. The van der Waals surface area contributed by atoms with E-state index in [9.17, 15) is 9.59 Å². The molecule has 0 radical (unpaired) electrons. The van der Waals surface area contributed by atoms with Gasteiger partial charge in [-0.2, -0.15) is 0 Å². The first-order valence-electron chi connectivity index (χ1n) is 7.10. The van der Waals surface area contributed by atoms with Gasteiger partial charge in [0.1, 0.15) is 0 Å². The van der Waals surface area contributed by atoms with E-state index in [4.69, 9.17) is 18.0 Å². The molecule has 2 nitrogen and oxygen atoms in total. The van der Waals surface area contributed by atoms with Crippen molar-refractivity contribution in [3.05, 3.63) is 76.4 Å². The van der Waals surface area contributed by atoms with Gasteiger partial charge >= 0.3 is 0 Å². The average Bonchev–Trinajstić information content (AvgIpc) is 2.54. The fourth-order valence-electron chi connectivity index (χ4n) is 2.05. The van der Waals surface area contributed by atoms with Crippen LogP contribution in [0.5, 0.6) is 0 Å². The van der Waals surface area contributed by atoms with Crippen LogP contribution in [0.3, 0.4) is 0 Å². The Kier molecular flexibility index (Phi) is 5.91. The Labute approximate surface area is 140 Å². The molecule has 0 fully saturated rings. The zero-order valence-corrected chi connectivity index (χ0v) is 13.2. The van der Waals surface area contributed by atoms with E-state index >= 15 is 0 Å². The highest BCUT2D eigenvalue weighted by Crippen LogP contribution is 2.18. The van der Waals surface area contributed by atoms with Gasteiger partial charge in [-0.3, -0.25) is 9.59 Å². The predicted molar refractivity (Wildman–Crippen MR) is 93.9 cm³/mol. The van der Waals surface area contributed by atoms with Crippen LogP contribution in [-0.4, -0.2) is 11.6 Å². The maximum Gasteiger partial charge on any atom is 0.178 e. The molecule has 1 aromatic carbocycles. The van der Waals surface area contributed by atoms with E-state index in [-0.39, 0.29) is 11.6 Å². The molecule has 0 spiro atoms. The third-order valence-electron chi connectivity index (χ3n) is 3.27. The van der Waals surface area contributed by atoms with Crippen molar-refractivity contribution in [3.63, 3.8) is 0 Å². The van der Waals surface area contributed by atoms with Crippen LogP contribution in [0.1, 0.15) is 18.4 Å². The molecule has 0 aliphatic heterocycles. The lowest BCUT2D eigenvalue weighted by molar-refractivity contribution is -0.114. The largest absolute Gasteiger partial charge is 0.294 e. The molecule has 3 heteroatoms. The Morgan fingerprint density at radius 2 is 1.87 bits per heavy atom. The average molecular weight is 323 g/mol. The molecular formula is C20H15ClO2. The van der Waals surface area contributed by atoms with Crippen LogP contribution in [0.2, 0.25) is 5.02 Å². The Morgan fingerprint density at radius 3 is 2.52 bits per heavy atom. The molecule has 1 aromatic rings. The van der Waals surface area contributed by atoms with Crippen molar-refractivity contribution in [1.82, 2.24) is 0 Å². The fourth-order valence-corrected chi connectivity index (χ4v) is 2.17. The highest BCUT2D eigenvalue weighted by molar-refractivity contribution is 6.30. The van der Waals surface area contributed by atoms with Gasteiger partial charge in [0.25, 0.3) is 0 Å². The van der Waals surface area contributed by atoms with Crippen LogP contribution in [0.15, 0.2) is 65.8 Å². The summed E-state index contributed by atoms with van der Waals surface area (Å²) in [6.45, 7) is 0.